The van der Waals surface area contributed by atoms with Crippen LogP contribution >= 0.6 is 0 Å². The molecule has 0 aromatic heterocycles. The van der Waals surface area contributed by atoms with Crippen molar-refractivity contribution >= 4 is 11.9 Å². The summed E-state index contributed by atoms with van der Waals surface area (Å²) in [5.41, 5.74) is -0.881. The van der Waals surface area contributed by atoms with Crippen LogP contribution in [0, 0.1) is 5.92 Å². The van der Waals surface area contributed by atoms with E-state index in [1.165, 1.54) is 0 Å². The number of alkyl halides is 3. The van der Waals surface area contributed by atoms with E-state index >= 15 is 0 Å². The number of hydrogen-bond acceptors (Lipinski definition) is 2. The van der Waals surface area contributed by atoms with Gasteiger partial charge in [0.15, 0.2) is 0 Å². The predicted octanol–water partition coefficient (Wildman–Crippen LogP) is 2.93. The summed E-state index contributed by atoms with van der Waals surface area (Å²) in [7, 11) is 0. The molecule has 0 spiro atoms. The molecule has 2 N–H and O–H groups in total. The Kier molecular flexibility index (Phi) is 5.34. The van der Waals surface area contributed by atoms with Crippen molar-refractivity contribution < 1.29 is 27.9 Å². The van der Waals surface area contributed by atoms with Crippen molar-refractivity contribution in [1.29, 1.82) is 0 Å². The molecule has 4 nitrogen and oxygen atoms in total. The molecule has 1 atom stereocenters. The van der Waals surface area contributed by atoms with Gasteiger partial charge >= 0.3 is 12.1 Å². The monoisotopic (exact) mass is 303 g/mol. The fourth-order valence-corrected chi connectivity index (χ4v) is 1.75. The highest BCUT2D eigenvalue weighted by atomic mass is 19.4. The van der Waals surface area contributed by atoms with E-state index in [0.717, 1.165) is 24.3 Å². The molecule has 1 aromatic carbocycles. The zero-order valence-electron chi connectivity index (χ0n) is 11.6. The Morgan fingerprint density at radius 2 is 1.71 bits per heavy atom. The van der Waals surface area contributed by atoms with Gasteiger partial charge in [-0.3, -0.25) is 4.79 Å². The molecule has 0 aliphatic rings. The fraction of sp³-hybridized carbons (Fsp3) is 0.429. The first-order valence-electron chi connectivity index (χ1n) is 6.32. The van der Waals surface area contributed by atoms with Crippen LogP contribution in [-0.4, -0.2) is 23.0 Å². The van der Waals surface area contributed by atoms with Crippen LogP contribution in [0.25, 0.3) is 0 Å². The Labute approximate surface area is 120 Å². The highest BCUT2D eigenvalue weighted by Crippen LogP contribution is 2.29. The Bertz CT molecular complexity index is 509. The van der Waals surface area contributed by atoms with Gasteiger partial charge in [0.1, 0.15) is 6.04 Å². The van der Waals surface area contributed by atoms with Gasteiger partial charge in [-0.1, -0.05) is 13.8 Å². The van der Waals surface area contributed by atoms with Gasteiger partial charge in [0.25, 0.3) is 5.91 Å². The van der Waals surface area contributed by atoms with Crippen LogP contribution in [0.4, 0.5) is 13.2 Å². The maximum absolute atomic E-state index is 12.4. The number of amides is 1. The summed E-state index contributed by atoms with van der Waals surface area (Å²) in [5, 5.41) is 11.3. The Hall–Kier alpha value is -2.05. The van der Waals surface area contributed by atoms with E-state index in [4.69, 9.17) is 5.11 Å². The van der Waals surface area contributed by atoms with Gasteiger partial charge in [-0.15, -0.1) is 0 Å². The molecule has 0 aliphatic heterocycles. The van der Waals surface area contributed by atoms with Crippen molar-refractivity contribution in [3.63, 3.8) is 0 Å². The third-order valence-electron chi connectivity index (χ3n) is 2.78. The molecule has 0 unspecified atom stereocenters. The van der Waals surface area contributed by atoms with Crippen molar-refractivity contribution in [3.8, 4) is 0 Å². The molecule has 116 valence electrons. The number of nitrogens with one attached hydrogen (secondary N) is 1. The number of rotatable bonds is 5. The van der Waals surface area contributed by atoms with E-state index < -0.39 is 29.7 Å². The largest absolute Gasteiger partial charge is 0.480 e. The molecule has 1 amide bonds. The lowest BCUT2D eigenvalue weighted by atomic mass is 10.0. The van der Waals surface area contributed by atoms with E-state index in [-0.39, 0.29) is 17.9 Å². The summed E-state index contributed by atoms with van der Waals surface area (Å²) in [5.74, 6) is -1.83. The van der Waals surface area contributed by atoms with Gasteiger partial charge in [0.2, 0.25) is 0 Å². The van der Waals surface area contributed by atoms with Crippen LogP contribution < -0.4 is 5.32 Å². The molecule has 0 fully saturated rings. The van der Waals surface area contributed by atoms with E-state index in [2.05, 4.69) is 5.32 Å². The zero-order valence-corrected chi connectivity index (χ0v) is 11.6. The summed E-state index contributed by atoms with van der Waals surface area (Å²) in [6, 6.07) is 2.54. The lowest BCUT2D eigenvalue weighted by Crippen LogP contribution is -2.41. The molecule has 1 rings (SSSR count). The molecule has 0 aliphatic carbocycles. The third kappa shape index (κ3) is 5.09. The molecule has 0 bridgehead atoms. The van der Waals surface area contributed by atoms with Crippen LogP contribution in [0.5, 0.6) is 0 Å². The standard InChI is InChI=1S/C14H16F3NO3/c1-8(2)7-11(13(20)21)18-12(19)9-3-5-10(6-4-9)14(15,16)17/h3-6,8,11H,7H2,1-2H3,(H,18,19)(H,20,21)/t11-/m1/s1. The highest BCUT2D eigenvalue weighted by molar-refractivity contribution is 5.96. The number of aliphatic carboxylic acids is 1. The topological polar surface area (TPSA) is 66.4 Å². The lowest BCUT2D eigenvalue weighted by Gasteiger charge is -2.16. The molecule has 1 aromatic rings. The number of carbonyl (C=O) groups excluding carboxylic acids is 1. The van der Waals surface area contributed by atoms with Crippen LogP contribution in [0.2, 0.25) is 0 Å². The van der Waals surface area contributed by atoms with Gasteiger partial charge in [0.05, 0.1) is 5.56 Å². The van der Waals surface area contributed by atoms with Gasteiger partial charge in [-0.25, -0.2) is 4.79 Å². The van der Waals surface area contributed by atoms with Crippen molar-refractivity contribution in [2.24, 2.45) is 5.92 Å². The van der Waals surface area contributed by atoms with Gasteiger partial charge in [-0.05, 0) is 36.6 Å². The van der Waals surface area contributed by atoms with Gasteiger partial charge in [-0.2, -0.15) is 13.2 Å². The zero-order chi connectivity index (χ0) is 16.2. The van der Waals surface area contributed by atoms with E-state index in [0.29, 0.717) is 0 Å². The summed E-state index contributed by atoms with van der Waals surface area (Å²) in [6.07, 6.45) is -4.24. The van der Waals surface area contributed by atoms with Crippen LogP contribution in [0.3, 0.4) is 0 Å². The minimum Gasteiger partial charge on any atom is -0.480 e. The number of benzene rings is 1. The quantitative estimate of drug-likeness (QED) is 0.879. The maximum atomic E-state index is 12.4. The summed E-state index contributed by atoms with van der Waals surface area (Å²) < 4.78 is 37.2. The summed E-state index contributed by atoms with van der Waals surface area (Å²) >= 11 is 0. The Morgan fingerprint density at radius 3 is 2.10 bits per heavy atom. The average Bonchev–Trinajstić information content (AvgIpc) is 2.36. The molecule has 0 saturated carbocycles. The van der Waals surface area contributed by atoms with Crippen molar-refractivity contribution in [2.45, 2.75) is 32.5 Å². The number of carboxylic acids is 1. The first-order valence-corrected chi connectivity index (χ1v) is 6.32. The molecule has 0 heterocycles. The number of hydrogen-bond donors (Lipinski definition) is 2. The second-order valence-electron chi connectivity index (χ2n) is 5.07. The number of halogens is 3. The van der Waals surface area contributed by atoms with E-state index in [1.54, 1.807) is 13.8 Å². The van der Waals surface area contributed by atoms with Gasteiger partial charge < -0.3 is 10.4 Å². The maximum Gasteiger partial charge on any atom is 0.416 e. The summed E-state index contributed by atoms with van der Waals surface area (Å²) in [4.78, 5) is 22.9. The van der Waals surface area contributed by atoms with Gasteiger partial charge in [0, 0.05) is 5.56 Å². The molecule has 21 heavy (non-hydrogen) atoms. The Morgan fingerprint density at radius 1 is 1.19 bits per heavy atom. The van der Waals surface area contributed by atoms with Crippen LogP contribution in [0.1, 0.15) is 36.2 Å². The van der Waals surface area contributed by atoms with Crippen molar-refractivity contribution in [3.05, 3.63) is 35.4 Å². The molecular weight excluding hydrogens is 287 g/mol. The SMILES string of the molecule is CC(C)C[C@@H](NC(=O)c1ccc(C(F)(F)F)cc1)C(=O)O. The highest BCUT2D eigenvalue weighted by Gasteiger charge is 2.30. The van der Waals surface area contributed by atoms with Crippen LogP contribution in [0.15, 0.2) is 24.3 Å². The minimum atomic E-state index is -4.48. The first kappa shape index (κ1) is 17.0. The van der Waals surface area contributed by atoms with E-state index in [1.807, 2.05) is 0 Å². The fourth-order valence-electron chi connectivity index (χ4n) is 1.75. The second-order valence-corrected chi connectivity index (χ2v) is 5.07. The number of carbonyl (C=O) groups is 2. The number of carboxylic acid groups (broad SMARTS) is 1. The molecule has 7 heteroatoms. The Balaban J connectivity index is 2.81. The predicted molar refractivity (Wildman–Crippen MR) is 69.8 cm³/mol. The van der Waals surface area contributed by atoms with E-state index in [9.17, 15) is 22.8 Å². The average molecular weight is 303 g/mol. The van der Waals surface area contributed by atoms with Crippen LogP contribution in [-0.2, 0) is 11.0 Å². The third-order valence-corrected chi connectivity index (χ3v) is 2.78. The minimum absolute atomic E-state index is 0.0157. The lowest BCUT2D eigenvalue weighted by molar-refractivity contribution is -0.139. The normalized spacial score (nSPS) is 13.0. The molecular formula is C14H16F3NO3. The summed E-state index contributed by atoms with van der Waals surface area (Å²) in [6.45, 7) is 3.61. The second kappa shape index (κ2) is 6.60. The van der Waals surface area contributed by atoms with Crippen molar-refractivity contribution in [1.82, 2.24) is 5.32 Å². The van der Waals surface area contributed by atoms with Crippen molar-refractivity contribution in [2.75, 3.05) is 0 Å². The molecule has 0 radical (unpaired) electrons. The first-order chi connectivity index (χ1) is 9.61. The molecule has 0 saturated heterocycles. The smallest absolute Gasteiger partial charge is 0.416 e.